The average molecular weight is 362 g/mol. The third-order valence-corrected chi connectivity index (χ3v) is 6.99. The molecule has 2 aromatic carbocycles. The van der Waals surface area contributed by atoms with Crippen LogP contribution in [0.15, 0.2) is 59.5 Å². The maximum atomic E-state index is 13.1. The normalized spacial score (nSPS) is 25.9. The van der Waals surface area contributed by atoms with Gasteiger partial charge in [0, 0.05) is 18.1 Å². The van der Waals surface area contributed by atoms with E-state index in [4.69, 9.17) is 16.3 Å². The van der Waals surface area contributed by atoms with Crippen molar-refractivity contribution in [1.29, 1.82) is 5.26 Å². The summed E-state index contributed by atoms with van der Waals surface area (Å²) in [4.78, 5) is 0.218. The van der Waals surface area contributed by atoms with Crippen LogP contribution >= 0.6 is 11.6 Å². The van der Waals surface area contributed by atoms with Crippen molar-refractivity contribution in [3.8, 4) is 6.07 Å². The van der Waals surface area contributed by atoms with Gasteiger partial charge in [-0.2, -0.15) is 5.26 Å². The molecule has 0 heterocycles. The Balaban J connectivity index is 2.10. The standard InChI is InChI=1S/C18H16ClNO3S/c1-23-12-18(11-20)16(13-6-5-7-14(19)10-13)17(18)24(21,22)15-8-3-2-4-9-15/h2-10,16-17H,12H2,1H3/t16-,17+,18+/m0/s1. The Morgan fingerprint density at radius 2 is 1.92 bits per heavy atom. The number of methoxy groups -OCH3 is 1. The molecule has 3 atom stereocenters. The monoisotopic (exact) mass is 361 g/mol. The first-order valence-corrected chi connectivity index (χ1v) is 9.34. The number of sulfone groups is 1. The maximum Gasteiger partial charge on any atom is 0.183 e. The highest BCUT2D eigenvalue weighted by Gasteiger charge is 2.72. The van der Waals surface area contributed by atoms with Gasteiger partial charge in [-0.3, -0.25) is 0 Å². The van der Waals surface area contributed by atoms with Gasteiger partial charge in [-0.05, 0) is 29.8 Å². The number of nitrogens with zero attached hydrogens (tertiary/aromatic N) is 1. The largest absolute Gasteiger partial charge is 0.383 e. The molecule has 2 aromatic rings. The molecule has 24 heavy (non-hydrogen) atoms. The van der Waals surface area contributed by atoms with Gasteiger partial charge < -0.3 is 4.74 Å². The van der Waals surface area contributed by atoms with Crippen molar-refractivity contribution in [3.63, 3.8) is 0 Å². The number of hydrogen-bond acceptors (Lipinski definition) is 4. The van der Waals surface area contributed by atoms with Crippen molar-refractivity contribution in [2.75, 3.05) is 13.7 Å². The highest BCUT2D eigenvalue weighted by molar-refractivity contribution is 7.92. The van der Waals surface area contributed by atoms with E-state index in [0.717, 1.165) is 5.56 Å². The van der Waals surface area contributed by atoms with Gasteiger partial charge in [0.05, 0.1) is 22.8 Å². The predicted molar refractivity (Wildman–Crippen MR) is 91.5 cm³/mol. The zero-order valence-corrected chi connectivity index (χ0v) is 14.6. The van der Waals surface area contributed by atoms with E-state index in [9.17, 15) is 13.7 Å². The molecule has 6 heteroatoms. The van der Waals surface area contributed by atoms with Crippen molar-refractivity contribution in [1.82, 2.24) is 0 Å². The van der Waals surface area contributed by atoms with Crippen LogP contribution in [0.2, 0.25) is 5.02 Å². The number of rotatable bonds is 5. The van der Waals surface area contributed by atoms with Crippen molar-refractivity contribution in [2.24, 2.45) is 5.41 Å². The van der Waals surface area contributed by atoms with Gasteiger partial charge in [-0.15, -0.1) is 0 Å². The molecule has 3 rings (SSSR count). The maximum absolute atomic E-state index is 13.1. The van der Waals surface area contributed by atoms with Gasteiger partial charge in [0.1, 0.15) is 5.41 Å². The van der Waals surface area contributed by atoms with E-state index < -0.39 is 26.4 Å². The van der Waals surface area contributed by atoms with Crippen molar-refractivity contribution in [3.05, 3.63) is 65.2 Å². The minimum absolute atomic E-state index is 0.0530. The number of ether oxygens (including phenoxy) is 1. The Morgan fingerprint density at radius 3 is 2.50 bits per heavy atom. The summed E-state index contributed by atoms with van der Waals surface area (Å²) in [7, 11) is -2.19. The lowest BCUT2D eigenvalue weighted by Gasteiger charge is -2.08. The summed E-state index contributed by atoms with van der Waals surface area (Å²) >= 11 is 6.05. The minimum Gasteiger partial charge on any atom is -0.383 e. The van der Waals surface area contributed by atoms with Gasteiger partial charge in [0.25, 0.3) is 0 Å². The first-order chi connectivity index (χ1) is 11.5. The fourth-order valence-electron chi connectivity index (χ4n) is 3.37. The SMILES string of the molecule is COC[C@@]1(C#N)[C@H](S(=O)(=O)c2ccccc2)[C@@H]1c1cccc(Cl)c1. The van der Waals surface area contributed by atoms with Gasteiger partial charge >= 0.3 is 0 Å². The molecule has 1 aliphatic carbocycles. The number of halogens is 1. The van der Waals surface area contributed by atoms with E-state index in [1.807, 2.05) is 0 Å². The summed E-state index contributed by atoms with van der Waals surface area (Å²) < 4.78 is 31.3. The summed E-state index contributed by atoms with van der Waals surface area (Å²) in [5.74, 6) is -0.466. The second kappa shape index (κ2) is 6.21. The fourth-order valence-corrected chi connectivity index (χ4v) is 5.90. The highest BCUT2D eigenvalue weighted by Crippen LogP contribution is 2.64. The summed E-state index contributed by atoms with van der Waals surface area (Å²) in [5, 5.41) is 9.40. The van der Waals surface area contributed by atoms with E-state index >= 15 is 0 Å². The molecule has 0 saturated heterocycles. The molecule has 1 fully saturated rings. The Kier molecular flexibility index (Phi) is 4.39. The van der Waals surface area contributed by atoms with Crippen LogP contribution in [0.25, 0.3) is 0 Å². The van der Waals surface area contributed by atoms with Crippen LogP contribution < -0.4 is 0 Å². The number of benzene rings is 2. The quantitative estimate of drug-likeness (QED) is 0.818. The minimum atomic E-state index is -3.66. The highest BCUT2D eigenvalue weighted by atomic mass is 35.5. The lowest BCUT2D eigenvalue weighted by Crippen LogP contribution is -2.19. The molecule has 0 aromatic heterocycles. The molecule has 0 radical (unpaired) electrons. The first kappa shape index (κ1) is 17.0. The molecular formula is C18H16ClNO3S. The number of hydrogen-bond donors (Lipinski definition) is 0. The van der Waals surface area contributed by atoms with Crippen molar-refractivity contribution in [2.45, 2.75) is 16.1 Å². The average Bonchev–Trinajstić information content (AvgIpc) is 3.26. The molecule has 0 unspecified atom stereocenters. The summed E-state index contributed by atoms with van der Waals surface area (Å²) in [5.41, 5.74) is -0.362. The van der Waals surface area contributed by atoms with Gasteiger partial charge in [-0.1, -0.05) is 41.9 Å². The van der Waals surface area contributed by atoms with Gasteiger partial charge in [-0.25, -0.2) is 8.42 Å². The lowest BCUT2D eigenvalue weighted by atomic mass is 10.0. The van der Waals surface area contributed by atoms with Crippen LogP contribution in [0, 0.1) is 16.7 Å². The van der Waals surface area contributed by atoms with Gasteiger partial charge in [0.15, 0.2) is 9.84 Å². The molecule has 1 saturated carbocycles. The Morgan fingerprint density at radius 1 is 1.21 bits per heavy atom. The van der Waals surface area contributed by atoms with E-state index in [0.29, 0.717) is 5.02 Å². The Bertz CT molecular complexity index is 892. The summed E-state index contributed by atoms with van der Waals surface area (Å²) in [6.07, 6.45) is 0. The molecule has 0 amide bonds. The molecule has 1 aliphatic rings. The van der Waals surface area contributed by atoms with Gasteiger partial charge in [0.2, 0.25) is 0 Å². The third kappa shape index (κ3) is 2.61. The molecule has 0 N–H and O–H groups in total. The molecule has 0 bridgehead atoms. The van der Waals surface area contributed by atoms with Crippen LogP contribution in [0.1, 0.15) is 11.5 Å². The third-order valence-electron chi connectivity index (χ3n) is 4.46. The smallest absolute Gasteiger partial charge is 0.183 e. The van der Waals surface area contributed by atoms with E-state index in [1.165, 1.54) is 7.11 Å². The second-order valence-electron chi connectivity index (χ2n) is 5.90. The van der Waals surface area contributed by atoms with Crippen LogP contribution in [-0.2, 0) is 14.6 Å². The molecule has 124 valence electrons. The molecule has 0 aliphatic heterocycles. The summed E-state index contributed by atoms with van der Waals surface area (Å²) in [6.45, 7) is 0.0530. The van der Waals surface area contributed by atoms with Crippen molar-refractivity contribution < 1.29 is 13.2 Å². The zero-order valence-electron chi connectivity index (χ0n) is 13.0. The second-order valence-corrected chi connectivity index (χ2v) is 8.40. The molecule has 4 nitrogen and oxygen atoms in total. The van der Waals surface area contributed by atoms with E-state index in [2.05, 4.69) is 6.07 Å². The van der Waals surface area contributed by atoms with Crippen LogP contribution in [0.4, 0.5) is 0 Å². The topological polar surface area (TPSA) is 67.2 Å². The number of nitriles is 1. The molecular weight excluding hydrogens is 346 g/mol. The van der Waals surface area contributed by atoms with Crippen LogP contribution in [-0.4, -0.2) is 27.4 Å². The van der Waals surface area contributed by atoms with E-state index in [-0.39, 0.29) is 11.5 Å². The lowest BCUT2D eigenvalue weighted by molar-refractivity contribution is 0.162. The van der Waals surface area contributed by atoms with Crippen LogP contribution in [0.3, 0.4) is 0 Å². The first-order valence-electron chi connectivity index (χ1n) is 7.42. The fraction of sp³-hybridized carbons (Fsp3) is 0.278. The zero-order chi connectivity index (χ0) is 17.4. The van der Waals surface area contributed by atoms with Crippen molar-refractivity contribution >= 4 is 21.4 Å². The predicted octanol–water partition coefficient (Wildman–Crippen LogP) is 3.44. The van der Waals surface area contributed by atoms with Crippen LogP contribution in [0.5, 0.6) is 0 Å². The Hall–Kier alpha value is -1.87. The summed E-state index contributed by atoms with van der Waals surface area (Å²) in [6, 6.07) is 17.4. The Labute approximate surface area is 146 Å². The molecule has 0 spiro atoms. The van der Waals surface area contributed by atoms with E-state index in [1.54, 1.807) is 54.6 Å².